The first-order chi connectivity index (χ1) is 8.15. The average Bonchev–Trinajstić information content (AvgIpc) is 2.28. The molecule has 2 nitrogen and oxygen atoms in total. The summed E-state index contributed by atoms with van der Waals surface area (Å²) in [5, 5.41) is 1.05. The van der Waals surface area contributed by atoms with Gasteiger partial charge < -0.3 is 0 Å². The molecule has 1 aromatic heterocycles. The highest BCUT2D eigenvalue weighted by Gasteiger charge is 2.19. The summed E-state index contributed by atoms with van der Waals surface area (Å²) in [5.41, 5.74) is 1.08. The van der Waals surface area contributed by atoms with E-state index < -0.39 is 0 Å². The lowest BCUT2D eigenvalue weighted by molar-refractivity contribution is 0.619. The van der Waals surface area contributed by atoms with Gasteiger partial charge in [-0.15, -0.1) is 0 Å². The largest absolute Gasteiger partial charge is 0.237 e. The van der Waals surface area contributed by atoms with E-state index >= 15 is 0 Å². The Hall–Kier alpha value is -0.280. The Balaban J connectivity index is 2.18. The van der Waals surface area contributed by atoms with Gasteiger partial charge in [0.15, 0.2) is 0 Å². The summed E-state index contributed by atoms with van der Waals surface area (Å²) in [6, 6.07) is 1.90. The number of aromatic nitrogens is 2. The molecule has 2 rings (SSSR count). The molecule has 1 atom stereocenters. The van der Waals surface area contributed by atoms with E-state index in [1.54, 1.807) is 0 Å². The molecule has 0 aromatic carbocycles. The molecule has 1 saturated heterocycles. The Labute approximate surface area is 113 Å². The zero-order valence-electron chi connectivity index (χ0n) is 10.4. The van der Waals surface area contributed by atoms with Crippen LogP contribution in [0.4, 0.5) is 0 Å². The lowest BCUT2D eigenvalue weighted by atomic mass is 10.1. The highest BCUT2D eigenvalue weighted by molar-refractivity contribution is 7.99. The molecule has 1 fully saturated rings. The van der Waals surface area contributed by atoms with Crippen molar-refractivity contribution in [3.8, 4) is 0 Å². The molecule has 0 N–H and O–H groups in total. The maximum Gasteiger partial charge on any atom is 0.143 e. The highest BCUT2D eigenvalue weighted by atomic mass is 35.5. The molecule has 1 aromatic rings. The van der Waals surface area contributed by atoms with Crippen molar-refractivity contribution < 1.29 is 0 Å². The summed E-state index contributed by atoms with van der Waals surface area (Å²) in [6.07, 6.45) is 4.77. The molecule has 1 aliphatic rings. The fourth-order valence-corrected chi connectivity index (χ4v) is 3.55. The molecule has 0 saturated carbocycles. The minimum Gasteiger partial charge on any atom is -0.237 e. The number of nitrogens with zero attached hydrogens (tertiary/aromatic N) is 2. The van der Waals surface area contributed by atoms with Crippen molar-refractivity contribution in [1.82, 2.24) is 9.97 Å². The molecule has 17 heavy (non-hydrogen) atoms. The van der Waals surface area contributed by atoms with Crippen LogP contribution in [0.5, 0.6) is 0 Å². The van der Waals surface area contributed by atoms with Gasteiger partial charge in [-0.3, -0.25) is 0 Å². The Morgan fingerprint density at radius 2 is 2.24 bits per heavy atom. The maximum atomic E-state index is 6.09. The lowest BCUT2D eigenvalue weighted by Crippen LogP contribution is -2.09. The number of rotatable bonds is 3. The van der Waals surface area contributed by atoms with Gasteiger partial charge in [0.2, 0.25) is 0 Å². The Bertz CT molecular complexity index is 376. The topological polar surface area (TPSA) is 25.8 Å². The monoisotopic (exact) mass is 270 g/mol. The molecule has 0 amide bonds. The zero-order chi connectivity index (χ0) is 12.3. The normalized spacial score (nSPS) is 20.8. The van der Waals surface area contributed by atoms with Crippen LogP contribution in [0.15, 0.2) is 6.07 Å². The first-order valence-electron chi connectivity index (χ1n) is 6.30. The zero-order valence-corrected chi connectivity index (χ0v) is 12.0. The summed E-state index contributed by atoms with van der Waals surface area (Å²) in [4.78, 5) is 9.08. The Morgan fingerprint density at radius 1 is 1.41 bits per heavy atom. The third-order valence-electron chi connectivity index (χ3n) is 2.85. The number of hydrogen-bond donors (Lipinski definition) is 0. The van der Waals surface area contributed by atoms with Gasteiger partial charge in [0.1, 0.15) is 11.0 Å². The molecule has 1 unspecified atom stereocenters. The molecule has 0 bridgehead atoms. The molecular formula is C13H19ClN2S. The third kappa shape index (κ3) is 3.85. The van der Waals surface area contributed by atoms with Crippen molar-refractivity contribution in [3.05, 3.63) is 22.7 Å². The SMILES string of the molecule is CC(C)Cc1cc(Cl)nc(C2CCCCS2)n1. The Kier molecular flexibility index (Phi) is 4.69. The summed E-state index contributed by atoms with van der Waals surface area (Å²) in [5.74, 6) is 2.77. The second-order valence-corrected chi connectivity index (χ2v) is 6.69. The summed E-state index contributed by atoms with van der Waals surface area (Å²) in [6.45, 7) is 4.40. The van der Waals surface area contributed by atoms with E-state index in [0.29, 0.717) is 16.3 Å². The molecule has 2 heterocycles. The smallest absolute Gasteiger partial charge is 0.143 e. The quantitative estimate of drug-likeness (QED) is 0.767. The van der Waals surface area contributed by atoms with Crippen LogP contribution in [0.2, 0.25) is 5.15 Å². The molecule has 94 valence electrons. The minimum absolute atomic E-state index is 0.452. The summed E-state index contributed by atoms with van der Waals surface area (Å²) >= 11 is 8.06. The van der Waals surface area contributed by atoms with Crippen LogP contribution in [0, 0.1) is 5.92 Å². The predicted octanol–water partition coefficient (Wildman–Crippen LogP) is 4.29. The standard InChI is InChI=1S/C13H19ClN2S/c1-9(2)7-10-8-12(14)16-13(15-10)11-5-3-4-6-17-11/h8-9,11H,3-7H2,1-2H3. The van der Waals surface area contributed by atoms with Crippen LogP contribution in [0.1, 0.15) is 49.9 Å². The first-order valence-corrected chi connectivity index (χ1v) is 7.73. The van der Waals surface area contributed by atoms with Crippen LogP contribution in [0.25, 0.3) is 0 Å². The van der Waals surface area contributed by atoms with Crippen molar-refractivity contribution in [2.24, 2.45) is 5.92 Å². The van der Waals surface area contributed by atoms with Crippen LogP contribution in [0.3, 0.4) is 0 Å². The summed E-state index contributed by atoms with van der Waals surface area (Å²) < 4.78 is 0. The van der Waals surface area contributed by atoms with Gasteiger partial charge in [0.05, 0.1) is 5.25 Å². The van der Waals surface area contributed by atoms with Crippen molar-refractivity contribution in [2.75, 3.05) is 5.75 Å². The fourth-order valence-electron chi connectivity index (χ4n) is 2.09. The van der Waals surface area contributed by atoms with Crippen LogP contribution < -0.4 is 0 Å². The van der Waals surface area contributed by atoms with E-state index in [0.717, 1.165) is 17.9 Å². The molecular weight excluding hydrogens is 252 g/mol. The maximum absolute atomic E-state index is 6.09. The van der Waals surface area contributed by atoms with Gasteiger partial charge in [0, 0.05) is 5.69 Å². The first kappa shape index (κ1) is 13.2. The second kappa shape index (κ2) is 6.05. The third-order valence-corrected chi connectivity index (χ3v) is 4.42. The average molecular weight is 271 g/mol. The number of hydrogen-bond acceptors (Lipinski definition) is 3. The van der Waals surface area contributed by atoms with Gasteiger partial charge in [-0.25, -0.2) is 9.97 Å². The van der Waals surface area contributed by atoms with Crippen molar-refractivity contribution in [1.29, 1.82) is 0 Å². The van der Waals surface area contributed by atoms with Crippen LogP contribution in [-0.2, 0) is 6.42 Å². The van der Waals surface area contributed by atoms with Crippen molar-refractivity contribution >= 4 is 23.4 Å². The predicted molar refractivity (Wildman–Crippen MR) is 74.6 cm³/mol. The van der Waals surface area contributed by atoms with E-state index in [-0.39, 0.29) is 0 Å². The fraction of sp³-hybridized carbons (Fsp3) is 0.692. The minimum atomic E-state index is 0.452. The van der Waals surface area contributed by atoms with Gasteiger partial charge in [-0.1, -0.05) is 31.9 Å². The van der Waals surface area contributed by atoms with E-state index in [9.17, 15) is 0 Å². The van der Waals surface area contributed by atoms with E-state index in [1.807, 2.05) is 17.8 Å². The number of thioether (sulfide) groups is 1. The van der Waals surface area contributed by atoms with E-state index in [1.165, 1.54) is 25.0 Å². The lowest BCUT2D eigenvalue weighted by Gasteiger charge is -2.20. The summed E-state index contributed by atoms with van der Waals surface area (Å²) in [7, 11) is 0. The van der Waals surface area contributed by atoms with Crippen molar-refractivity contribution in [3.63, 3.8) is 0 Å². The van der Waals surface area contributed by atoms with Gasteiger partial charge >= 0.3 is 0 Å². The molecule has 0 spiro atoms. The van der Waals surface area contributed by atoms with Gasteiger partial charge in [-0.2, -0.15) is 11.8 Å². The van der Waals surface area contributed by atoms with Gasteiger partial charge in [-0.05, 0) is 37.0 Å². The molecule has 0 aliphatic carbocycles. The molecule has 4 heteroatoms. The number of halogens is 1. The van der Waals surface area contributed by atoms with Crippen LogP contribution in [-0.4, -0.2) is 15.7 Å². The highest BCUT2D eigenvalue weighted by Crippen LogP contribution is 2.36. The van der Waals surface area contributed by atoms with Crippen molar-refractivity contribution in [2.45, 2.75) is 44.8 Å². The molecule has 0 radical (unpaired) electrons. The van der Waals surface area contributed by atoms with E-state index in [4.69, 9.17) is 11.6 Å². The Morgan fingerprint density at radius 3 is 2.88 bits per heavy atom. The molecule has 1 aliphatic heterocycles. The van der Waals surface area contributed by atoms with E-state index in [2.05, 4.69) is 23.8 Å². The van der Waals surface area contributed by atoms with Gasteiger partial charge in [0.25, 0.3) is 0 Å². The van der Waals surface area contributed by atoms with Crippen LogP contribution >= 0.6 is 23.4 Å². The second-order valence-electron chi connectivity index (χ2n) is 4.99.